The average molecular weight is 500 g/mol. The highest BCUT2D eigenvalue weighted by Crippen LogP contribution is 2.29. The van der Waals surface area contributed by atoms with Crippen LogP contribution in [0.2, 0.25) is 0 Å². The lowest BCUT2D eigenvalue weighted by Crippen LogP contribution is -2.49. The highest BCUT2D eigenvalue weighted by Gasteiger charge is 2.26. The Morgan fingerprint density at radius 1 is 0.889 bits per heavy atom. The lowest BCUT2D eigenvalue weighted by atomic mass is 9.91. The number of carbonyl (C=O) groups excluding carboxylic acids is 3. The summed E-state index contributed by atoms with van der Waals surface area (Å²) in [6.45, 7) is 2.97. The van der Waals surface area contributed by atoms with Gasteiger partial charge in [0.15, 0.2) is 0 Å². The minimum absolute atomic E-state index is 0.0322. The quantitative estimate of drug-likeness (QED) is 0.587. The zero-order valence-electron chi connectivity index (χ0n) is 20.2. The van der Waals surface area contributed by atoms with Crippen molar-refractivity contribution in [1.82, 2.24) is 10.2 Å². The van der Waals surface area contributed by atoms with Crippen LogP contribution in [0, 0.1) is 11.6 Å². The highest BCUT2D eigenvalue weighted by atomic mass is 19.1. The maximum atomic E-state index is 13.5. The van der Waals surface area contributed by atoms with Crippen LogP contribution in [0.1, 0.15) is 53.3 Å². The first kappa shape index (κ1) is 25.6. The van der Waals surface area contributed by atoms with Gasteiger partial charge in [0.05, 0.1) is 11.4 Å². The molecule has 8 nitrogen and oxygen atoms in total. The Labute approximate surface area is 208 Å². The van der Waals surface area contributed by atoms with Crippen molar-refractivity contribution in [1.29, 1.82) is 0 Å². The summed E-state index contributed by atoms with van der Waals surface area (Å²) in [5.74, 6) is -2.50. The van der Waals surface area contributed by atoms with Crippen LogP contribution in [0.4, 0.5) is 20.2 Å². The predicted octanol–water partition coefficient (Wildman–Crippen LogP) is 2.89. The van der Waals surface area contributed by atoms with Gasteiger partial charge in [-0.05, 0) is 56.0 Å². The second kappa shape index (κ2) is 11.0. The van der Waals surface area contributed by atoms with E-state index in [1.807, 2.05) is 4.90 Å². The first-order valence-electron chi connectivity index (χ1n) is 12.2. The van der Waals surface area contributed by atoms with Crippen molar-refractivity contribution in [2.24, 2.45) is 5.73 Å². The SMILES string of the molecule is CC(=O)Nc1cc(C(=O)NC2CCC(N)CC2)ccc1N1CCN(C(=O)c2cc(F)cc(F)c2)CC1. The van der Waals surface area contributed by atoms with E-state index in [1.54, 1.807) is 23.1 Å². The van der Waals surface area contributed by atoms with E-state index in [2.05, 4.69) is 10.6 Å². The molecule has 0 unspecified atom stereocenters. The topological polar surface area (TPSA) is 108 Å². The molecule has 0 bridgehead atoms. The van der Waals surface area contributed by atoms with Gasteiger partial charge >= 0.3 is 0 Å². The predicted molar refractivity (Wildman–Crippen MR) is 133 cm³/mol. The van der Waals surface area contributed by atoms with Crippen molar-refractivity contribution >= 4 is 29.1 Å². The smallest absolute Gasteiger partial charge is 0.254 e. The summed E-state index contributed by atoms with van der Waals surface area (Å²) in [5.41, 5.74) is 7.60. The standard InChI is InChI=1S/C26H31F2N5O3/c1-16(34)30-23-14-17(25(35)31-22-5-3-21(29)4-6-22)2-7-24(23)32-8-10-33(11-9-32)26(36)18-12-19(27)15-20(28)13-18/h2,7,12-15,21-22H,3-6,8-11,29H2,1H3,(H,30,34)(H,31,35). The monoisotopic (exact) mass is 499 g/mol. The molecule has 1 saturated heterocycles. The van der Waals surface area contributed by atoms with E-state index in [4.69, 9.17) is 5.73 Å². The van der Waals surface area contributed by atoms with Crippen LogP contribution >= 0.6 is 0 Å². The van der Waals surface area contributed by atoms with Crippen molar-refractivity contribution in [2.75, 3.05) is 36.4 Å². The zero-order chi connectivity index (χ0) is 25.8. The van der Waals surface area contributed by atoms with E-state index in [9.17, 15) is 23.2 Å². The molecule has 4 N–H and O–H groups in total. The molecule has 2 fully saturated rings. The molecule has 1 aliphatic carbocycles. The van der Waals surface area contributed by atoms with Crippen LogP contribution in [0.15, 0.2) is 36.4 Å². The summed E-state index contributed by atoms with van der Waals surface area (Å²) < 4.78 is 27.1. The molecular formula is C26H31F2N5O3. The van der Waals surface area contributed by atoms with E-state index in [1.165, 1.54) is 6.92 Å². The van der Waals surface area contributed by atoms with Crippen LogP contribution in [0.3, 0.4) is 0 Å². The third kappa shape index (κ3) is 6.17. The number of benzene rings is 2. The van der Waals surface area contributed by atoms with E-state index >= 15 is 0 Å². The number of nitrogens with one attached hydrogen (secondary N) is 2. The van der Waals surface area contributed by atoms with Gasteiger partial charge in [0.2, 0.25) is 5.91 Å². The van der Waals surface area contributed by atoms with E-state index < -0.39 is 17.5 Å². The number of nitrogens with zero attached hydrogens (tertiary/aromatic N) is 2. The molecule has 0 aromatic heterocycles. The molecule has 10 heteroatoms. The van der Waals surface area contributed by atoms with Crippen LogP contribution in [0.25, 0.3) is 0 Å². The number of anilines is 2. The summed E-state index contributed by atoms with van der Waals surface area (Å²) in [4.78, 5) is 41.0. The largest absolute Gasteiger partial charge is 0.366 e. The van der Waals surface area contributed by atoms with Crippen molar-refractivity contribution in [3.63, 3.8) is 0 Å². The fourth-order valence-corrected chi connectivity index (χ4v) is 4.79. The molecule has 192 valence electrons. The molecule has 1 aliphatic heterocycles. The average Bonchev–Trinajstić information content (AvgIpc) is 2.84. The van der Waals surface area contributed by atoms with Gasteiger partial charge in [-0.3, -0.25) is 14.4 Å². The van der Waals surface area contributed by atoms with Crippen LogP contribution in [-0.2, 0) is 4.79 Å². The Bertz CT molecular complexity index is 1120. The second-order valence-corrected chi connectivity index (χ2v) is 9.44. The van der Waals surface area contributed by atoms with Crippen LogP contribution in [0.5, 0.6) is 0 Å². The van der Waals surface area contributed by atoms with Gasteiger partial charge in [0.1, 0.15) is 11.6 Å². The Kier molecular flexibility index (Phi) is 7.83. The summed E-state index contributed by atoms with van der Waals surface area (Å²) in [6.07, 6.45) is 3.44. The Morgan fingerprint density at radius 2 is 1.53 bits per heavy atom. The number of amides is 3. The van der Waals surface area contributed by atoms with Crippen LogP contribution in [-0.4, -0.2) is 60.9 Å². The minimum Gasteiger partial charge on any atom is -0.366 e. The number of nitrogens with two attached hydrogens (primary N) is 1. The fourth-order valence-electron chi connectivity index (χ4n) is 4.79. The number of carbonyl (C=O) groups is 3. The molecule has 2 aromatic carbocycles. The summed E-state index contributed by atoms with van der Waals surface area (Å²) >= 11 is 0. The number of rotatable bonds is 5. The molecule has 3 amide bonds. The van der Waals surface area contributed by atoms with Gasteiger partial charge in [-0.2, -0.15) is 0 Å². The molecular weight excluding hydrogens is 468 g/mol. The van der Waals surface area contributed by atoms with E-state index in [0.717, 1.165) is 49.6 Å². The third-order valence-electron chi connectivity index (χ3n) is 6.69. The van der Waals surface area contributed by atoms with Crippen molar-refractivity contribution in [3.8, 4) is 0 Å². The molecule has 0 atom stereocenters. The third-order valence-corrected chi connectivity index (χ3v) is 6.69. The molecule has 1 saturated carbocycles. The molecule has 36 heavy (non-hydrogen) atoms. The number of hydrogen-bond acceptors (Lipinski definition) is 5. The van der Waals surface area contributed by atoms with Gasteiger partial charge in [-0.15, -0.1) is 0 Å². The molecule has 4 rings (SSSR count). The number of piperazine rings is 1. The molecule has 0 spiro atoms. The lowest BCUT2D eigenvalue weighted by molar-refractivity contribution is -0.114. The molecule has 1 heterocycles. The minimum atomic E-state index is -0.798. The summed E-state index contributed by atoms with van der Waals surface area (Å²) in [7, 11) is 0. The maximum absolute atomic E-state index is 13.5. The summed E-state index contributed by atoms with van der Waals surface area (Å²) in [5, 5.41) is 5.87. The van der Waals surface area contributed by atoms with Crippen LogP contribution < -0.4 is 21.3 Å². The lowest BCUT2D eigenvalue weighted by Gasteiger charge is -2.37. The first-order valence-corrected chi connectivity index (χ1v) is 12.2. The second-order valence-electron chi connectivity index (χ2n) is 9.44. The Hall–Kier alpha value is -3.53. The van der Waals surface area contributed by atoms with Gasteiger partial charge in [-0.1, -0.05) is 0 Å². The Balaban J connectivity index is 1.44. The Morgan fingerprint density at radius 3 is 2.14 bits per heavy atom. The van der Waals surface area contributed by atoms with Gasteiger partial charge < -0.3 is 26.2 Å². The van der Waals surface area contributed by atoms with Crippen molar-refractivity contribution in [2.45, 2.75) is 44.7 Å². The maximum Gasteiger partial charge on any atom is 0.254 e. The zero-order valence-corrected chi connectivity index (χ0v) is 20.2. The van der Waals surface area contributed by atoms with Gasteiger partial charge in [0, 0.05) is 62.4 Å². The van der Waals surface area contributed by atoms with Gasteiger partial charge in [0.25, 0.3) is 11.8 Å². The molecule has 0 radical (unpaired) electrons. The fraction of sp³-hybridized carbons (Fsp3) is 0.423. The van der Waals surface area contributed by atoms with Crippen molar-refractivity contribution in [3.05, 3.63) is 59.2 Å². The highest BCUT2D eigenvalue weighted by molar-refractivity contribution is 5.99. The normalized spacial score (nSPS) is 20.1. The van der Waals surface area contributed by atoms with E-state index in [0.29, 0.717) is 37.4 Å². The number of hydrogen-bond donors (Lipinski definition) is 3. The van der Waals surface area contributed by atoms with Crippen molar-refractivity contribution < 1.29 is 23.2 Å². The summed E-state index contributed by atoms with van der Waals surface area (Å²) in [6, 6.07) is 8.22. The molecule has 2 aliphatic rings. The van der Waals surface area contributed by atoms with Gasteiger partial charge in [-0.25, -0.2) is 8.78 Å². The van der Waals surface area contributed by atoms with E-state index in [-0.39, 0.29) is 29.5 Å². The first-order chi connectivity index (χ1) is 17.2. The number of halogens is 2. The molecule has 2 aromatic rings.